The Morgan fingerprint density at radius 3 is 2.75 bits per heavy atom. The van der Waals surface area contributed by atoms with Gasteiger partial charge in [0.05, 0.1) is 12.2 Å². The number of carboxylic acid groups (broad SMARTS) is 1. The largest absolute Gasteiger partial charge is 0.476 e. The van der Waals surface area contributed by atoms with Gasteiger partial charge in [-0.15, -0.1) is 5.10 Å². The van der Waals surface area contributed by atoms with Crippen molar-refractivity contribution in [3.8, 4) is 0 Å². The van der Waals surface area contributed by atoms with E-state index >= 15 is 0 Å². The smallest absolute Gasteiger partial charge is 0.433 e. The van der Waals surface area contributed by atoms with Gasteiger partial charge in [-0.25, -0.2) is 19.4 Å². The Balaban J connectivity index is 1.80. The van der Waals surface area contributed by atoms with E-state index in [0.717, 1.165) is 6.07 Å². The Morgan fingerprint density at radius 2 is 2.12 bits per heavy atom. The maximum Gasteiger partial charge on any atom is 0.433 e. The molecule has 0 radical (unpaired) electrons. The van der Waals surface area contributed by atoms with Gasteiger partial charge in [0.15, 0.2) is 5.69 Å². The van der Waals surface area contributed by atoms with E-state index in [-0.39, 0.29) is 23.4 Å². The molecule has 0 aliphatic carbocycles. The van der Waals surface area contributed by atoms with E-state index in [9.17, 15) is 18.0 Å². The van der Waals surface area contributed by atoms with E-state index in [1.165, 1.54) is 17.8 Å². The van der Waals surface area contributed by atoms with Crippen molar-refractivity contribution in [2.45, 2.75) is 25.6 Å². The Hall–Kier alpha value is -2.72. The average Bonchev–Trinajstić information content (AvgIpc) is 3.15. The first kappa shape index (κ1) is 16.1. The summed E-state index contributed by atoms with van der Waals surface area (Å²) in [5.41, 5.74) is -0.938. The van der Waals surface area contributed by atoms with Gasteiger partial charge in [-0.2, -0.15) is 13.2 Å². The number of halogens is 3. The molecule has 24 heavy (non-hydrogen) atoms. The molecule has 3 heterocycles. The molecule has 2 aromatic rings. The first-order valence-corrected chi connectivity index (χ1v) is 7.07. The van der Waals surface area contributed by atoms with Gasteiger partial charge in [-0.1, -0.05) is 5.21 Å². The summed E-state index contributed by atoms with van der Waals surface area (Å²) in [6, 6.07) is 0.692. The third-order valence-corrected chi connectivity index (χ3v) is 3.68. The number of hydrogen-bond acceptors (Lipinski definition) is 6. The topological polar surface area (TPSA) is 97.0 Å². The van der Waals surface area contributed by atoms with Crippen molar-refractivity contribution in [1.29, 1.82) is 0 Å². The summed E-state index contributed by atoms with van der Waals surface area (Å²) in [7, 11) is 0. The quantitative estimate of drug-likeness (QED) is 0.904. The van der Waals surface area contributed by atoms with Crippen LogP contribution in [0.2, 0.25) is 0 Å². The third-order valence-electron chi connectivity index (χ3n) is 3.68. The molecule has 1 unspecified atom stereocenters. The van der Waals surface area contributed by atoms with E-state index in [4.69, 9.17) is 5.11 Å². The lowest BCUT2D eigenvalue weighted by Gasteiger charge is -2.18. The molecule has 1 atom stereocenters. The van der Waals surface area contributed by atoms with Gasteiger partial charge in [0.1, 0.15) is 5.69 Å². The number of aromatic nitrogens is 5. The van der Waals surface area contributed by atoms with Gasteiger partial charge in [0.25, 0.3) is 0 Å². The van der Waals surface area contributed by atoms with Crippen molar-refractivity contribution < 1.29 is 23.1 Å². The molecule has 2 aromatic heterocycles. The van der Waals surface area contributed by atoms with Crippen molar-refractivity contribution in [1.82, 2.24) is 25.0 Å². The first-order valence-electron chi connectivity index (χ1n) is 7.07. The number of aryl methyl sites for hydroxylation is 1. The van der Waals surface area contributed by atoms with Crippen LogP contribution in [0.5, 0.6) is 0 Å². The van der Waals surface area contributed by atoms with Gasteiger partial charge >= 0.3 is 12.1 Å². The van der Waals surface area contributed by atoms with E-state index < -0.39 is 17.8 Å². The zero-order chi connectivity index (χ0) is 17.5. The number of hydrogen-bond donors (Lipinski definition) is 1. The highest BCUT2D eigenvalue weighted by molar-refractivity contribution is 5.84. The molecule has 0 spiro atoms. The second kappa shape index (κ2) is 5.73. The van der Waals surface area contributed by atoms with Crippen LogP contribution < -0.4 is 4.90 Å². The molecule has 11 heteroatoms. The predicted octanol–water partition coefficient (Wildman–Crippen LogP) is 1.54. The minimum Gasteiger partial charge on any atom is -0.476 e. The molecule has 1 aliphatic rings. The molecule has 1 N–H and O–H groups in total. The molecule has 3 rings (SSSR count). The number of rotatable bonds is 3. The summed E-state index contributed by atoms with van der Waals surface area (Å²) >= 11 is 0. The molecule has 1 aliphatic heterocycles. The van der Waals surface area contributed by atoms with Gasteiger partial charge in [-0.3, -0.25) is 0 Å². The van der Waals surface area contributed by atoms with Gasteiger partial charge in [-0.05, 0) is 19.4 Å². The van der Waals surface area contributed by atoms with Gasteiger partial charge < -0.3 is 10.0 Å². The Kier molecular flexibility index (Phi) is 3.85. The molecule has 0 bridgehead atoms. The van der Waals surface area contributed by atoms with Crippen LogP contribution in [0.15, 0.2) is 12.3 Å². The lowest BCUT2D eigenvalue weighted by atomic mass is 10.3. The van der Waals surface area contributed by atoms with Crippen LogP contribution in [0.3, 0.4) is 0 Å². The second-order valence-corrected chi connectivity index (χ2v) is 5.47. The maximum absolute atomic E-state index is 12.9. The minimum absolute atomic E-state index is 0.00315. The monoisotopic (exact) mass is 342 g/mol. The number of carbonyl (C=O) groups is 1. The van der Waals surface area contributed by atoms with E-state index in [2.05, 4.69) is 20.3 Å². The normalized spacial score (nSPS) is 18.2. The standard InChI is InChI=1S/C13H13F3N6O2/c1-7-4-10(13(14,15)16)18-12(17-7)21-3-2-8(5-21)22-6-9(11(23)24)19-20-22/h4,6,8H,2-3,5H2,1H3,(H,23,24). The van der Waals surface area contributed by atoms with Crippen molar-refractivity contribution in [3.63, 3.8) is 0 Å². The van der Waals surface area contributed by atoms with Crippen molar-refractivity contribution in [2.24, 2.45) is 0 Å². The lowest BCUT2D eigenvalue weighted by molar-refractivity contribution is -0.141. The van der Waals surface area contributed by atoms with E-state index in [0.29, 0.717) is 19.5 Å². The summed E-state index contributed by atoms with van der Waals surface area (Å²) in [6.07, 6.45) is -2.67. The molecule has 0 amide bonds. The maximum atomic E-state index is 12.9. The Morgan fingerprint density at radius 1 is 1.38 bits per heavy atom. The van der Waals surface area contributed by atoms with Crippen LogP contribution in [0.25, 0.3) is 0 Å². The molecule has 128 valence electrons. The summed E-state index contributed by atoms with van der Waals surface area (Å²) in [6.45, 7) is 2.24. The van der Waals surface area contributed by atoms with Gasteiger partial charge in [0, 0.05) is 18.8 Å². The molecule has 1 saturated heterocycles. The summed E-state index contributed by atoms with van der Waals surface area (Å²) in [5, 5.41) is 16.1. The molecule has 8 nitrogen and oxygen atoms in total. The second-order valence-electron chi connectivity index (χ2n) is 5.47. The van der Waals surface area contributed by atoms with Crippen molar-refractivity contribution in [3.05, 3.63) is 29.3 Å². The predicted molar refractivity (Wildman–Crippen MR) is 74.6 cm³/mol. The fraction of sp³-hybridized carbons (Fsp3) is 0.462. The number of anilines is 1. The summed E-state index contributed by atoms with van der Waals surface area (Å²) < 4.78 is 40.0. The number of alkyl halides is 3. The highest BCUT2D eigenvalue weighted by Gasteiger charge is 2.35. The van der Waals surface area contributed by atoms with Crippen LogP contribution in [0.1, 0.15) is 34.3 Å². The number of aromatic carboxylic acids is 1. The van der Waals surface area contributed by atoms with Crippen molar-refractivity contribution in [2.75, 3.05) is 18.0 Å². The highest BCUT2D eigenvalue weighted by Crippen LogP contribution is 2.30. The molecule has 1 fully saturated rings. The fourth-order valence-corrected chi connectivity index (χ4v) is 2.53. The average molecular weight is 342 g/mol. The van der Waals surface area contributed by atoms with Crippen LogP contribution in [-0.4, -0.2) is 49.1 Å². The third kappa shape index (κ3) is 3.14. The molecule has 0 saturated carbocycles. The first-order chi connectivity index (χ1) is 11.2. The Labute approximate surface area is 133 Å². The zero-order valence-corrected chi connectivity index (χ0v) is 12.5. The fourth-order valence-electron chi connectivity index (χ4n) is 2.53. The van der Waals surface area contributed by atoms with Crippen LogP contribution >= 0.6 is 0 Å². The van der Waals surface area contributed by atoms with E-state index in [1.807, 2.05) is 0 Å². The number of nitrogens with zero attached hydrogens (tertiary/aromatic N) is 6. The molecule has 0 aromatic carbocycles. The van der Waals surface area contributed by atoms with Crippen LogP contribution in [0.4, 0.5) is 19.1 Å². The number of carboxylic acids is 1. The molecular weight excluding hydrogens is 329 g/mol. The van der Waals surface area contributed by atoms with E-state index in [1.54, 1.807) is 4.90 Å². The summed E-state index contributed by atoms with van der Waals surface area (Å²) in [5.74, 6) is -1.18. The van der Waals surface area contributed by atoms with Gasteiger partial charge in [0.2, 0.25) is 5.95 Å². The molecular formula is C13H13F3N6O2. The van der Waals surface area contributed by atoms with Crippen molar-refractivity contribution >= 4 is 11.9 Å². The Bertz CT molecular complexity index is 775. The zero-order valence-electron chi connectivity index (χ0n) is 12.5. The minimum atomic E-state index is -4.54. The lowest BCUT2D eigenvalue weighted by Crippen LogP contribution is -2.25. The van der Waals surface area contributed by atoms with Crippen LogP contribution in [0, 0.1) is 6.92 Å². The summed E-state index contributed by atoms with van der Waals surface area (Å²) in [4.78, 5) is 20.1. The highest BCUT2D eigenvalue weighted by atomic mass is 19.4. The van der Waals surface area contributed by atoms with Crippen LogP contribution in [-0.2, 0) is 6.18 Å². The SMILES string of the molecule is Cc1cc(C(F)(F)F)nc(N2CCC(n3cc(C(=O)O)nn3)C2)n1.